The number of carbonyl (C=O) groups excluding carboxylic acids is 3. The van der Waals surface area contributed by atoms with Gasteiger partial charge < -0.3 is 5.73 Å². The quantitative estimate of drug-likeness (QED) is 0.413. The molecule has 0 saturated carbocycles. The first-order chi connectivity index (χ1) is 5.97. The standard InChI is InChI=1S/C5H5NO2.C3H5NO/c1-3-2-4(7)6-5(3)8;1-2-3(4)5/h1-2H2,(H,6,7,8);2H,1H2,(H2,4,5). The summed E-state index contributed by atoms with van der Waals surface area (Å²) in [6.45, 7) is 6.44. The second kappa shape index (κ2) is 4.87. The second-order valence-corrected chi connectivity index (χ2v) is 2.26. The van der Waals surface area contributed by atoms with E-state index in [0.717, 1.165) is 6.08 Å². The minimum absolute atomic E-state index is 0.166. The lowest BCUT2D eigenvalue weighted by molar-refractivity contribution is -0.124. The van der Waals surface area contributed by atoms with E-state index in [1.807, 2.05) is 0 Å². The van der Waals surface area contributed by atoms with Crippen LogP contribution in [-0.2, 0) is 14.4 Å². The number of nitrogens with two attached hydrogens (primary N) is 1. The summed E-state index contributed by atoms with van der Waals surface area (Å²) in [5, 5.41) is 2.09. The summed E-state index contributed by atoms with van der Waals surface area (Å²) in [7, 11) is 0. The Labute approximate surface area is 75.3 Å². The van der Waals surface area contributed by atoms with E-state index >= 15 is 0 Å². The molecule has 0 bridgehead atoms. The molecule has 5 heteroatoms. The highest BCUT2D eigenvalue weighted by Gasteiger charge is 2.20. The molecule has 3 amide bonds. The van der Waals surface area contributed by atoms with Gasteiger partial charge in [0.05, 0.1) is 6.42 Å². The summed E-state index contributed by atoms with van der Waals surface area (Å²) in [5.41, 5.74) is 4.89. The van der Waals surface area contributed by atoms with Crippen LogP contribution in [0.25, 0.3) is 0 Å². The van der Waals surface area contributed by atoms with Gasteiger partial charge in [-0.25, -0.2) is 0 Å². The minimum atomic E-state index is -0.481. The molecule has 1 heterocycles. The smallest absolute Gasteiger partial charge is 0.253 e. The van der Waals surface area contributed by atoms with Crippen molar-refractivity contribution in [1.82, 2.24) is 5.32 Å². The largest absolute Gasteiger partial charge is 0.366 e. The van der Waals surface area contributed by atoms with Gasteiger partial charge in [-0.05, 0) is 6.08 Å². The lowest BCUT2D eigenvalue weighted by atomic mass is 10.3. The Hall–Kier alpha value is -1.91. The van der Waals surface area contributed by atoms with Gasteiger partial charge >= 0.3 is 0 Å². The molecule has 0 aliphatic carbocycles. The number of primary amides is 1. The van der Waals surface area contributed by atoms with Crippen molar-refractivity contribution in [3.05, 3.63) is 24.8 Å². The molecule has 0 spiro atoms. The van der Waals surface area contributed by atoms with Gasteiger partial charge in [0.15, 0.2) is 0 Å². The first kappa shape index (κ1) is 11.1. The van der Waals surface area contributed by atoms with Crippen molar-refractivity contribution in [2.24, 2.45) is 5.73 Å². The molecule has 0 aromatic rings. The predicted octanol–water partition coefficient (Wildman–Crippen LogP) is -0.753. The average Bonchev–Trinajstić information content (AvgIpc) is 2.31. The van der Waals surface area contributed by atoms with Crippen LogP contribution >= 0.6 is 0 Å². The molecule has 1 aliphatic heterocycles. The zero-order chi connectivity index (χ0) is 10.4. The van der Waals surface area contributed by atoms with Crippen LogP contribution in [-0.4, -0.2) is 17.7 Å². The zero-order valence-corrected chi connectivity index (χ0v) is 7.00. The third-order valence-corrected chi connectivity index (χ3v) is 1.15. The van der Waals surface area contributed by atoms with Gasteiger partial charge in [-0.15, -0.1) is 0 Å². The molecule has 0 atom stereocenters. The molecule has 13 heavy (non-hydrogen) atoms. The van der Waals surface area contributed by atoms with Crippen LogP contribution in [0.1, 0.15) is 6.42 Å². The summed E-state index contributed by atoms with van der Waals surface area (Å²) in [6.07, 6.45) is 1.22. The molecule has 1 rings (SSSR count). The average molecular weight is 182 g/mol. The van der Waals surface area contributed by atoms with Crippen LogP contribution in [0.4, 0.5) is 0 Å². The number of imide groups is 1. The fourth-order valence-electron chi connectivity index (χ4n) is 0.533. The predicted molar refractivity (Wildman–Crippen MR) is 46.3 cm³/mol. The lowest BCUT2D eigenvalue weighted by Crippen LogP contribution is -2.19. The van der Waals surface area contributed by atoms with Crippen LogP contribution < -0.4 is 11.1 Å². The van der Waals surface area contributed by atoms with E-state index < -0.39 is 5.91 Å². The van der Waals surface area contributed by atoms with E-state index in [1.165, 1.54) is 0 Å². The van der Waals surface area contributed by atoms with Gasteiger partial charge in [-0.2, -0.15) is 0 Å². The highest BCUT2D eigenvalue weighted by Crippen LogP contribution is 2.03. The Morgan fingerprint density at radius 1 is 1.54 bits per heavy atom. The maximum Gasteiger partial charge on any atom is 0.253 e. The van der Waals surface area contributed by atoms with Crippen molar-refractivity contribution in [2.45, 2.75) is 6.42 Å². The Morgan fingerprint density at radius 2 is 2.00 bits per heavy atom. The van der Waals surface area contributed by atoms with Crippen LogP contribution in [0.2, 0.25) is 0 Å². The summed E-state index contributed by atoms with van der Waals surface area (Å²) >= 11 is 0. The molecule has 1 aliphatic rings. The van der Waals surface area contributed by atoms with Crippen molar-refractivity contribution >= 4 is 17.7 Å². The number of hydrogen-bond acceptors (Lipinski definition) is 3. The van der Waals surface area contributed by atoms with Crippen molar-refractivity contribution in [3.63, 3.8) is 0 Å². The topological polar surface area (TPSA) is 89.3 Å². The normalized spacial score (nSPS) is 14.3. The number of amides is 3. The highest BCUT2D eigenvalue weighted by atomic mass is 16.2. The number of nitrogens with one attached hydrogen (secondary N) is 1. The molecule has 1 fully saturated rings. The van der Waals surface area contributed by atoms with Gasteiger partial charge in [0, 0.05) is 5.57 Å². The molecule has 1 saturated heterocycles. The Bertz CT molecular complexity index is 263. The fourth-order valence-corrected chi connectivity index (χ4v) is 0.533. The Balaban J connectivity index is 0.000000252. The lowest BCUT2D eigenvalue weighted by Gasteiger charge is -1.80. The van der Waals surface area contributed by atoms with E-state index in [-0.39, 0.29) is 18.2 Å². The zero-order valence-electron chi connectivity index (χ0n) is 7.00. The van der Waals surface area contributed by atoms with E-state index in [9.17, 15) is 14.4 Å². The molecule has 0 aromatic carbocycles. The van der Waals surface area contributed by atoms with Crippen LogP contribution in [0.15, 0.2) is 24.8 Å². The summed E-state index contributed by atoms with van der Waals surface area (Å²) < 4.78 is 0. The Kier molecular flexibility index (Phi) is 4.15. The van der Waals surface area contributed by atoms with Crippen LogP contribution in [0.5, 0.6) is 0 Å². The van der Waals surface area contributed by atoms with E-state index in [1.54, 1.807) is 0 Å². The highest BCUT2D eigenvalue weighted by molar-refractivity contribution is 6.12. The summed E-state index contributed by atoms with van der Waals surface area (Å²) in [5.74, 6) is -1.07. The Morgan fingerprint density at radius 3 is 2.08 bits per heavy atom. The summed E-state index contributed by atoms with van der Waals surface area (Å²) in [6, 6.07) is 0. The van der Waals surface area contributed by atoms with Crippen molar-refractivity contribution in [2.75, 3.05) is 0 Å². The van der Waals surface area contributed by atoms with Crippen LogP contribution in [0.3, 0.4) is 0 Å². The SMILES string of the molecule is C=C1CC(=O)NC1=O.C=CC(N)=O. The fraction of sp³-hybridized carbons (Fsp3) is 0.125. The monoisotopic (exact) mass is 182 g/mol. The van der Waals surface area contributed by atoms with E-state index in [4.69, 9.17) is 0 Å². The third-order valence-electron chi connectivity index (χ3n) is 1.15. The van der Waals surface area contributed by atoms with Crippen LogP contribution in [0, 0.1) is 0 Å². The maximum absolute atomic E-state index is 10.4. The minimum Gasteiger partial charge on any atom is -0.366 e. The summed E-state index contributed by atoms with van der Waals surface area (Å²) in [4.78, 5) is 30.1. The molecule has 70 valence electrons. The first-order valence-corrected chi connectivity index (χ1v) is 3.41. The van der Waals surface area contributed by atoms with Gasteiger partial charge in [0.2, 0.25) is 11.8 Å². The van der Waals surface area contributed by atoms with Gasteiger partial charge in [0.25, 0.3) is 5.91 Å². The number of rotatable bonds is 1. The van der Waals surface area contributed by atoms with Gasteiger partial charge in [-0.3, -0.25) is 19.7 Å². The molecule has 3 N–H and O–H groups in total. The molecular formula is C8H10N2O3. The first-order valence-electron chi connectivity index (χ1n) is 3.41. The van der Waals surface area contributed by atoms with Crippen molar-refractivity contribution in [3.8, 4) is 0 Å². The molecule has 0 aromatic heterocycles. The number of hydrogen-bond donors (Lipinski definition) is 2. The molecular weight excluding hydrogens is 172 g/mol. The van der Waals surface area contributed by atoms with E-state index in [2.05, 4.69) is 24.2 Å². The second-order valence-electron chi connectivity index (χ2n) is 2.26. The van der Waals surface area contributed by atoms with Gasteiger partial charge in [-0.1, -0.05) is 13.2 Å². The third kappa shape index (κ3) is 4.52. The molecule has 0 unspecified atom stereocenters. The van der Waals surface area contributed by atoms with Crippen molar-refractivity contribution < 1.29 is 14.4 Å². The van der Waals surface area contributed by atoms with Gasteiger partial charge in [0.1, 0.15) is 0 Å². The van der Waals surface area contributed by atoms with E-state index in [0.29, 0.717) is 5.57 Å². The molecule has 0 radical (unpaired) electrons. The number of carbonyl (C=O) groups is 3. The maximum atomic E-state index is 10.4. The van der Waals surface area contributed by atoms with Crippen molar-refractivity contribution in [1.29, 1.82) is 0 Å². The molecule has 5 nitrogen and oxygen atoms in total.